The van der Waals surface area contributed by atoms with Crippen LogP contribution < -0.4 is 0 Å². The lowest BCUT2D eigenvalue weighted by molar-refractivity contribution is -0.140. The zero-order chi connectivity index (χ0) is 18.3. The van der Waals surface area contributed by atoms with Crippen molar-refractivity contribution in [3.63, 3.8) is 0 Å². The van der Waals surface area contributed by atoms with Crippen LogP contribution in [-0.2, 0) is 26.0 Å². The molecule has 6 heteroatoms. The van der Waals surface area contributed by atoms with Gasteiger partial charge in [-0.2, -0.15) is 0 Å². The smallest absolute Gasteiger partial charge is 0.336 e. The second-order valence-corrected chi connectivity index (χ2v) is 8.45. The molecule has 134 valence electrons. The van der Waals surface area contributed by atoms with Gasteiger partial charge in [-0.15, -0.1) is 0 Å². The molecule has 2 aromatic rings. The van der Waals surface area contributed by atoms with Gasteiger partial charge in [-0.25, -0.2) is 13.2 Å². The SMILES string of the molecule is Cc1ccc(S(=O)(=O)N2CCC3=C2C(Cc2ccccc2)OC3=O)cc1. The molecule has 0 N–H and O–H groups in total. The number of esters is 1. The average molecular weight is 369 g/mol. The highest BCUT2D eigenvalue weighted by molar-refractivity contribution is 7.89. The van der Waals surface area contributed by atoms with E-state index in [0.717, 1.165) is 11.1 Å². The van der Waals surface area contributed by atoms with Crippen molar-refractivity contribution >= 4 is 16.0 Å². The van der Waals surface area contributed by atoms with Gasteiger partial charge in [-0.1, -0.05) is 48.0 Å². The molecule has 2 aliphatic heterocycles. The number of nitrogens with zero attached hydrogens (tertiary/aromatic N) is 1. The number of ether oxygens (including phenoxy) is 1. The monoisotopic (exact) mass is 369 g/mol. The number of cyclic esters (lactones) is 1. The molecule has 0 aliphatic carbocycles. The van der Waals surface area contributed by atoms with Gasteiger partial charge in [-0.3, -0.25) is 4.31 Å². The molecule has 0 bridgehead atoms. The van der Waals surface area contributed by atoms with Gasteiger partial charge in [0.15, 0.2) is 0 Å². The first-order valence-corrected chi connectivity index (χ1v) is 9.98. The number of benzene rings is 2. The van der Waals surface area contributed by atoms with E-state index >= 15 is 0 Å². The van der Waals surface area contributed by atoms with Crippen LogP contribution in [0.2, 0.25) is 0 Å². The van der Waals surface area contributed by atoms with Crippen molar-refractivity contribution in [2.45, 2.75) is 30.8 Å². The first-order valence-electron chi connectivity index (χ1n) is 8.54. The lowest BCUT2D eigenvalue weighted by Crippen LogP contribution is -2.34. The molecule has 0 fully saturated rings. The third kappa shape index (κ3) is 2.80. The van der Waals surface area contributed by atoms with Crippen LogP contribution in [0.5, 0.6) is 0 Å². The number of carbonyl (C=O) groups is 1. The van der Waals surface area contributed by atoms with E-state index in [2.05, 4.69) is 0 Å². The van der Waals surface area contributed by atoms with Gasteiger partial charge in [0.25, 0.3) is 10.0 Å². The Bertz CT molecular complexity index is 978. The maximum Gasteiger partial charge on any atom is 0.336 e. The van der Waals surface area contributed by atoms with E-state index in [1.54, 1.807) is 24.3 Å². The molecule has 0 saturated carbocycles. The highest BCUT2D eigenvalue weighted by Crippen LogP contribution is 2.38. The molecule has 2 heterocycles. The van der Waals surface area contributed by atoms with Crippen molar-refractivity contribution in [3.05, 3.63) is 77.0 Å². The molecule has 2 aliphatic rings. The molecular formula is C20H19NO4S. The molecule has 0 spiro atoms. The van der Waals surface area contributed by atoms with Crippen molar-refractivity contribution in [3.8, 4) is 0 Å². The van der Waals surface area contributed by atoms with Gasteiger partial charge in [0.05, 0.1) is 16.2 Å². The van der Waals surface area contributed by atoms with Crippen LogP contribution in [0, 0.1) is 6.92 Å². The van der Waals surface area contributed by atoms with Crippen LogP contribution in [0.1, 0.15) is 17.5 Å². The topological polar surface area (TPSA) is 63.7 Å². The third-order valence-electron chi connectivity index (χ3n) is 4.82. The minimum absolute atomic E-state index is 0.231. The van der Waals surface area contributed by atoms with Crippen molar-refractivity contribution in [1.82, 2.24) is 4.31 Å². The third-order valence-corrected chi connectivity index (χ3v) is 6.64. The van der Waals surface area contributed by atoms with Crippen LogP contribution in [-0.4, -0.2) is 31.3 Å². The predicted molar refractivity (Wildman–Crippen MR) is 96.7 cm³/mol. The Kier molecular flexibility index (Phi) is 4.07. The molecule has 2 aromatic carbocycles. The summed E-state index contributed by atoms with van der Waals surface area (Å²) in [7, 11) is -3.72. The zero-order valence-corrected chi connectivity index (χ0v) is 15.2. The molecule has 0 radical (unpaired) electrons. The Labute approximate surface area is 153 Å². The quantitative estimate of drug-likeness (QED) is 0.778. The molecule has 0 amide bonds. The summed E-state index contributed by atoms with van der Waals surface area (Å²) in [5, 5.41) is 0. The van der Waals surface area contributed by atoms with E-state index in [1.165, 1.54) is 4.31 Å². The lowest BCUT2D eigenvalue weighted by Gasteiger charge is -2.25. The summed E-state index contributed by atoms with van der Waals surface area (Å²) >= 11 is 0. The van der Waals surface area contributed by atoms with E-state index in [1.807, 2.05) is 37.3 Å². The van der Waals surface area contributed by atoms with Crippen LogP contribution in [0.4, 0.5) is 0 Å². The van der Waals surface area contributed by atoms with E-state index < -0.39 is 22.1 Å². The van der Waals surface area contributed by atoms with E-state index in [0.29, 0.717) is 24.1 Å². The molecule has 5 nitrogen and oxygen atoms in total. The van der Waals surface area contributed by atoms with Crippen LogP contribution in [0.15, 0.2) is 70.8 Å². The number of aryl methyl sites for hydroxylation is 1. The zero-order valence-electron chi connectivity index (χ0n) is 14.4. The number of sulfonamides is 1. The van der Waals surface area contributed by atoms with Gasteiger partial charge < -0.3 is 4.74 Å². The number of rotatable bonds is 4. The minimum Gasteiger partial charge on any atom is -0.452 e. The average Bonchev–Trinajstić information content (AvgIpc) is 3.19. The van der Waals surface area contributed by atoms with Crippen molar-refractivity contribution in [2.24, 2.45) is 0 Å². The summed E-state index contributed by atoms with van der Waals surface area (Å²) in [5.74, 6) is -0.400. The van der Waals surface area contributed by atoms with Gasteiger partial charge >= 0.3 is 5.97 Å². The summed E-state index contributed by atoms with van der Waals surface area (Å²) in [6.45, 7) is 2.19. The summed E-state index contributed by atoms with van der Waals surface area (Å²) < 4.78 is 33.1. The molecule has 1 unspecified atom stereocenters. The Balaban J connectivity index is 1.68. The van der Waals surface area contributed by atoms with E-state index in [4.69, 9.17) is 4.74 Å². The summed E-state index contributed by atoms with van der Waals surface area (Å²) in [6.07, 6.45) is 0.290. The van der Waals surface area contributed by atoms with Crippen LogP contribution in [0.3, 0.4) is 0 Å². The molecule has 1 atom stereocenters. The predicted octanol–water partition coefficient (Wildman–Crippen LogP) is 2.81. The number of hydrogen-bond donors (Lipinski definition) is 0. The van der Waals surface area contributed by atoms with Crippen molar-refractivity contribution in [2.75, 3.05) is 6.54 Å². The standard InChI is InChI=1S/C20H19NO4S/c1-14-7-9-16(10-8-14)26(23,24)21-12-11-17-19(21)18(25-20(17)22)13-15-5-3-2-4-6-15/h2-10,18H,11-13H2,1H3. The number of carbonyl (C=O) groups excluding carboxylic acids is 1. The molecular weight excluding hydrogens is 350 g/mol. The Morgan fingerprint density at radius 1 is 1.08 bits per heavy atom. The highest BCUT2D eigenvalue weighted by atomic mass is 32.2. The van der Waals surface area contributed by atoms with Gasteiger partial charge in [0, 0.05) is 19.4 Å². The first kappa shape index (κ1) is 16.8. The van der Waals surface area contributed by atoms with E-state index in [9.17, 15) is 13.2 Å². The van der Waals surface area contributed by atoms with E-state index in [-0.39, 0.29) is 11.4 Å². The van der Waals surface area contributed by atoms with Crippen LogP contribution in [0.25, 0.3) is 0 Å². The maximum absolute atomic E-state index is 13.1. The van der Waals surface area contributed by atoms with Crippen LogP contribution >= 0.6 is 0 Å². The number of hydrogen-bond acceptors (Lipinski definition) is 4. The van der Waals surface area contributed by atoms with Gasteiger partial charge in [-0.05, 0) is 24.6 Å². The van der Waals surface area contributed by atoms with Crippen molar-refractivity contribution < 1.29 is 17.9 Å². The maximum atomic E-state index is 13.1. The Morgan fingerprint density at radius 2 is 1.77 bits per heavy atom. The van der Waals surface area contributed by atoms with Crippen molar-refractivity contribution in [1.29, 1.82) is 0 Å². The largest absolute Gasteiger partial charge is 0.452 e. The first-order chi connectivity index (χ1) is 12.5. The normalized spacial score (nSPS) is 19.7. The highest BCUT2D eigenvalue weighted by Gasteiger charge is 2.45. The second kappa shape index (κ2) is 6.29. The summed E-state index contributed by atoms with van der Waals surface area (Å²) in [5.41, 5.74) is 2.98. The summed E-state index contributed by atoms with van der Waals surface area (Å²) in [4.78, 5) is 12.4. The fourth-order valence-corrected chi connectivity index (χ4v) is 5.04. The minimum atomic E-state index is -3.72. The molecule has 4 rings (SSSR count). The van der Waals surface area contributed by atoms with Gasteiger partial charge in [0.2, 0.25) is 0 Å². The Morgan fingerprint density at radius 3 is 2.46 bits per heavy atom. The molecule has 26 heavy (non-hydrogen) atoms. The molecule has 0 saturated heterocycles. The summed E-state index contributed by atoms with van der Waals surface area (Å²) in [6, 6.07) is 16.4. The molecule has 0 aromatic heterocycles. The lowest BCUT2D eigenvalue weighted by atomic mass is 10.1. The van der Waals surface area contributed by atoms with Gasteiger partial charge in [0.1, 0.15) is 6.10 Å². The second-order valence-electron chi connectivity index (χ2n) is 6.59. The fraction of sp³-hybridized carbons (Fsp3) is 0.250. The fourth-order valence-electron chi connectivity index (χ4n) is 3.48. The Hall–Kier alpha value is -2.60.